The van der Waals surface area contributed by atoms with Gasteiger partial charge in [-0.05, 0) is 32.1 Å². The van der Waals surface area contributed by atoms with Crippen LogP contribution in [0.25, 0.3) is 0 Å². The number of rotatable bonds is 38. The molecule has 14 heteroatoms. The first-order valence-corrected chi connectivity index (χ1v) is 24.9. The summed E-state index contributed by atoms with van der Waals surface area (Å²) in [6.45, 7) is 3.70. The van der Waals surface area contributed by atoms with Crippen LogP contribution in [0.1, 0.15) is 194 Å². The molecule has 0 saturated heterocycles. The number of phosphoric ester groups is 1. The molecule has 348 valence electrons. The van der Waals surface area contributed by atoms with Crippen molar-refractivity contribution < 1.29 is 59.0 Å². The number of carbonyl (C=O) groups excluding carboxylic acids is 1. The molecule has 1 amide bonds. The van der Waals surface area contributed by atoms with E-state index in [1.807, 2.05) is 0 Å². The highest BCUT2D eigenvalue weighted by Crippen LogP contribution is 2.47. The largest absolute Gasteiger partial charge is 0.472 e. The number of nitrogens with one attached hydrogen (secondary N) is 1. The first-order chi connectivity index (χ1) is 28.3. The van der Waals surface area contributed by atoms with E-state index in [1.165, 1.54) is 122 Å². The van der Waals surface area contributed by atoms with E-state index in [2.05, 4.69) is 31.3 Å². The molecule has 1 rings (SSSR count). The van der Waals surface area contributed by atoms with Gasteiger partial charge in [0, 0.05) is 0 Å². The molecular weight excluding hydrogens is 777 g/mol. The minimum atomic E-state index is -5.14. The highest BCUT2D eigenvalue weighted by molar-refractivity contribution is 7.47. The number of unbranched alkanes of at least 4 members (excludes halogenated alkanes) is 23. The van der Waals surface area contributed by atoms with Crippen molar-refractivity contribution in [3.8, 4) is 0 Å². The lowest BCUT2D eigenvalue weighted by Gasteiger charge is -2.41. The lowest BCUT2D eigenvalue weighted by molar-refractivity contribution is -0.220. The monoisotopic (exact) mass is 864 g/mol. The first-order valence-electron chi connectivity index (χ1n) is 23.4. The van der Waals surface area contributed by atoms with Gasteiger partial charge in [-0.3, -0.25) is 13.8 Å². The van der Waals surface area contributed by atoms with E-state index in [1.54, 1.807) is 6.08 Å². The van der Waals surface area contributed by atoms with Crippen LogP contribution in [-0.4, -0.2) is 108 Å². The fourth-order valence-corrected chi connectivity index (χ4v) is 8.40. The van der Waals surface area contributed by atoms with Crippen molar-refractivity contribution in [3.63, 3.8) is 0 Å². The Balaban J connectivity index is 2.50. The van der Waals surface area contributed by atoms with Crippen LogP contribution in [0, 0.1) is 0 Å². The molecule has 0 radical (unpaired) electrons. The molecule has 59 heavy (non-hydrogen) atoms. The van der Waals surface area contributed by atoms with Gasteiger partial charge in [-0.25, -0.2) is 4.57 Å². The zero-order chi connectivity index (χ0) is 43.7. The molecule has 1 fully saturated rings. The maximum Gasteiger partial charge on any atom is 0.472 e. The summed E-state index contributed by atoms with van der Waals surface area (Å²) in [6.07, 6.45) is 24.3. The number of aliphatic hydroxyl groups is 7. The van der Waals surface area contributed by atoms with Crippen molar-refractivity contribution in [2.45, 2.75) is 249 Å². The lowest BCUT2D eigenvalue weighted by Crippen LogP contribution is -2.64. The first kappa shape index (κ1) is 55.8. The molecule has 8 unspecified atom stereocenters. The van der Waals surface area contributed by atoms with E-state index in [0.29, 0.717) is 12.8 Å². The Hall–Kier alpha value is -1.22. The third-order valence-corrected chi connectivity index (χ3v) is 12.3. The lowest BCUT2D eigenvalue weighted by atomic mass is 9.85. The molecule has 0 spiro atoms. The van der Waals surface area contributed by atoms with Crippen molar-refractivity contribution >= 4 is 13.7 Å². The summed E-state index contributed by atoms with van der Waals surface area (Å²) in [5, 5.41) is 74.3. The minimum absolute atomic E-state index is 0.249. The van der Waals surface area contributed by atoms with Gasteiger partial charge in [0.15, 0.2) is 0 Å². The number of aliphatic hydroxyl groups excluding tert-OH is 7. The minimum Gasteiger partial charge on any atom is -0.393 e. The van der Waals surface area contributed by atoms with E-state index in [9.17, 15) is 50.0 Å². The summed E-state index contributed by atoms with van der Waals surface area (Å²) in [5.41, 5.74) is 0. The summed E-state index contributed by atoms with van der Waals surface area (Å²) in [5.74, 6) is -0.602. The van der Waals surface area contributed by atoms with Crippen LogP contribution in [0.3, 0.4) is 0 Å². The van der Waals surface area contributed by atoms with Crippen LogP contribution < -0.4 is 5.32 Å². The zero-order valence-electron chi connectivity index (χ0n) is 36.7. The molecule has 0 aromatic heterocycles. The number of phosphoric acid groups is 1. The second-order valence-electron chi connectivity index (χ2n) is 16.8. The Kier molecular flexibility index (Phi) is 33.3. The summed E-state index contributed by atoms with van der Waals surface area (Å²) in [4.78, 5) is 23.4. The number of carbonyl (C=O) groups is 1. The predicted octanol–water partition coefficient (Wildman–Crippen LogP) is 7.59. The van der Waals surface area contributed by atoms with Crippen molar-refractivity contribution in [3.05, 3.63) is 24.3 Å². The fraction of sp³-hybridized carbons (Fsp3) is 0.889. The highest BCUT2D eigenvalue weighted by Gasteiger charge is 2.51. The van der Waals surface area contributed by atoms with Crippen LogP contribution in [0.5, 0.6) is 0 Å². The van der Waals surface area contributed by atoms with E-state index in [-0.39, 0.29) is 6.42 Å². The standard InChI is InChI=1S/C45H86NO12P/c1-3-5-7-9-11-13-15-16-17-18-19-20-21-23-24-26-28-30-32-36(47)34-39(49)46-37(38(48)33-31-29-27-25-22-14-12-10-8-6-4-2)35-57-59(55,56)58-45-43(53)41(51)40(50)42(52)44(45)54/h22,25,31,33,36-38,40-45,47-48,50-54H,3-21,23-24,26-30,32,34-35H2,1-2H3,(H,46,49)(H,55,56)/b25-22+,33-31+. The van der Waals surface area contributed by atoms with Crippen LogP contribution in [0.2, 0.25) is 0 Å². The molecule has 1 aliphatic carbocycles. The Morgan fingerprint density at radius 2 is 1.00 bits per heavy atom. The molecule has 0 aliphatic heterocycles. The van der Waals surface area contributed by atoms with E-state index in [4.69, 9.17) is 9.05 Å². The van der Waals surface area contributed by atoms with Gasteiger partial charge in [0.05, 0.1) is 31.3 Å². The molecule has 0 heterocycles. The second kappa shape index (κ2) is 35.3. The van der Waals surface area contributed by atoms with E-state index >= 15 is 0 Å². The highest BCUT2D eigenvalue weighted by atomic mass is 31.2. The van der Waals surface area contributed by atoms with Gasteiger partial charge in [0.25, 0.3) is 0 Å². The quantitative estimate of drug-likeness (QED) is 0.0166. The van der Waals surface area contributed by atoms with E-state index in [0.717, 1.165) is 44.9 Å². The molecule has 0 aromatic carbocycles. The van der Waals surface area contributed by atoms with Gasteiger partial charge in [-0.2, -0.15) is 0 Å². The molecular formula is C45H86NO12P. The number of hydrogen-bond donors (Lipinski definition) is 9. The Morgan fingerprint density at radius 1 is 0.593 bits per heavy atom. The second-order valence-corrected chi connectivity index (χ2v) is 18.2. The Labute approximate surface area is 356 Å². The van der Waals surface area contributed by atoms with E-state index < -0.39 is 75.2 Å². The third kappa shape index (κ3) is 27.5. The maximum atomic E-state index is 13.0. The molecule has 0 bridgehead atoms. The average molecular weight is 864 g/mol. The van der Waals surface area contributed by atoms with Crippen molar-refractivity contribution in [1.82, 2.24) is 5.32 Å². The average Bonchev–Trinajstić information content (AvgIpc) is 3.21. The number of allylic oxidation sites excluding steroid dienone is 3. The van der Waals surface area contributed by atoms with Crippen molar-refractivity contribution in [1.29, 1.82) is 0 Å². The van der Waals surface area contributed by atoms with Crippen LogP contribution >= 0.6 is 7.82 Å². The van der Waals surface area contributed by atoms with Crippen LogP contribution in [0.15, 0.2) is 24.3 Å². The van der Waals surface area contributed by atoms with Crippen molar-refractivity contribution in [2.24, 2.45) is 0 Å². The topological polar surface area (TPSA) is 226 Å². The van der Waals surface area contributed by atoms with Crippen LogP contribution in [-0.2, 0) is 18.4 Å². The van der Waals surface area contributed by atoms with Crippen LogP contribution in [0.4, 0.5) is 0 Å². The summed E-state index contributed by atoms with van der Waals surface area (Å²) in [6, 6.07) is -1.25. The van der Waals surface area contributed by atoms with Gasteiger partial charge in [0.1, 0.15) is 36.6 Å². The third-order valence-electron chi connectivity index (χ3n) is 11.3. The summed E-state index contributed by atoms with van der Waals surface area (Å²) >= 11 is 0. The Morgan fingerprint density at radius 3 is 1.49 bits per heavy atom. The molecule has 1 aliphatic rings. The predicted molar refractivity (Wildman–Crippen MR) is 234 cm³/mol. The van der Waals surface area contributed by atoms with Gasteiger partial charge >= 0.3 is 7.82 Å². The molecule has 13 nitrogen and oxygen atoms in total. The molecule has 0 aromatic rings. The normalized spacial score (nSPS) is 23.8. The van der Waals surface area contributed by atoms with Crippen molar-refractivity contribution in [2.75, 3.05) is 6.61 Å². The SMILES string of the molecule is CCCCCCC/C=C/CC/C=C/C(O)C(COP(=O)(O)OC1C(O)C(O)C(O)C(O)C1O)NC(=O)CC(O)CCCCCCCCCCCCCCCCCCCC. The van der Waals surface area contributed by atoms with Gasteiger partial charge in [-0.15, -0.1) is 0 Å². The van der Waals surface area contributed by atoms with Gasteiger partial charge in [0.2, 0.25) is 5.91 Å². The number of amides is 1. The maximum absolute atomic E-state index is 13.0. The Bertz CT molecular complexity index is 1110. The molecule has 1 saturated carbocycles. The van der Waals surface area contributed by atoms with Gasteiger partial charge in [-0.1, -0.05) is 179 Å². The zero-order valence-corrected chi connectivity index (χ0v) is 37.6. The fourth-order valence-electron chi connectivity index (χ4n) is 7.43. The number of hydrogen-bond acceptors (Lipinski definition) is 11. The molecule has 9 N–H and O–H groups in total. The summed E-state index contributed by atoms with van der Waals surface area (Å²) < 4.78 is 22.8. The molecule has 8 atom stereocenters. The smallest absolute Gasteiger partial charge is 0.393 e. The summed E-state index contributed by atoms with van der Waals surface area (Å²) in [7, 11) is -5.14. The van der Waals surface area contributed by atoms with Gasteiger partial charge < -0.3 is 46.0 Å².